The summed E-state index contributed by atoms with van der Waals surface area (Å²) in [6.07, 6.45) is 4.25. The Kier molecular flexibility index (Phi) is 6.44. The number of rotatable bonds is 6. The van der Waals surface area contributed by atoms with E-state index >= 15 is 0 Å². The Hall–Kier alpha value is -0.950. The number of nitrogens with zero attached hydrogens (tertiary/aromatic N) is 2. The number of hydrogen-bond acceptors (Lipinski definition) is 5. The van der Waals surface area contributed by atoms with Gasteiger partial charge >= 0.3 is 0 Å². The second kappa shape index (κ2) is 7.59. The maximum absolute atomic E-state index is 11.9. The molecule has 7 heteroatoms. The summed E-state index contributed by atoms with van der Waals surface area (Å²) in [5.41, 5.74) is 5.76. The van der Waals surface area contributed by atoms with Gasteiger partial charge in [0, 0.05) is 19.7 Å². The van der Waals surface area contributed by atoms with Gasteiger partial charge in [-0.05, 0) is 25.5 Å². The first-order chi connectivity index (χ1) is 9.09. The molecule has 0 aromatic carbocycles. The molecule has 0 aliphatic carbocycles. The summed E-state index contributed by atoms with van der Waals surface area (Å²) in [4.78, 5) is 13.7. The van der Waals surface area contributed by atoms with Crippen LogP contribution in [0.5, 0.6) is 0 Å². The number of thioether (sulfide) groups is 1. The third-order valence-electron chi connectivity index (χ3n) is 3.46. The number of ether oxygens (including phenoxy) is 1. The summed E-state index contributed by atoms with van der Waals surface area (Å²) in [7, 11) is 0. The Balaban J connectivity index is 2.49. The van der Waals surface area contributed by atoms with Crippen molar-refractivity contribution in [2.24, 2.45) is 10.9 Å². The van der Waals surface area contributed by atoms with E-state index in [0.29, 0.717) is 32.5 Å². The minimum Gasteiger partial charge on any atom is -0.409 e. The van der Waals surface area contributed by atoms with Gasteiger partial charge in [-0.2, -0.15) is 11.8 Å². The maximum atomic E-state index is 11.9. The zero-order valence-corrected chi connectivity index (χ0v) is 12.4. The molecule has 0 radical (unpaired) electrons. The highest BCUT2D eigenvalue weighted by Gasteiger charge is 2.39. The Labute approximate surface area is 118 Å². The summed E-state index contributed by atoms with van der Waals surface area (Å²) < 4.78 is 4.91. The van der Waals surface area contributed by atoms with Gasteiger partial charge in [0.15, 0.2) is 5.84 Å². The standard InChI is InChI=1S/C12H23N3O3S/c1-3-8-18-9-10(16)15-6-4-12(19-2,5-7-15)11(13)14-17/h17H,3-9H2,1-2H3,(H2,13,14). The fraction of sp³-hybridized carbons (Fsp3) is 0.833. The monoisotopic (exact) mass is 289 g/mol. The van der Waals surface area contributed by atoms with Crippen molar-refractivity contribution in [2.45, 2.75) is 30.9 Å². The molecule has 0 aromatic heterocycles. The van der Waals surface area contributed by atoms with Crippen LogP contribution in [0.1, 0.15) is 26.2 Å². The van der Waals surface area contributed by atoms with Crippen LogP contribution in [0.3, 0.4) is 0 Å². The first-order valence-corrected chi connectivity index (χ1v) is 7.70. The number of piperidine rings is 1. The van der Waals surface area contributed by atoms with Crippen LogP contribution >= 0.6 is 11.8 Å². The molecule has 0 unspecified atom stereocenters. The molecule has 1 saturated heterocycles. The molecule has 1 aliphatic heterocycles. The molecule has 0 aromatic rings. The average Bonchev–Trinajstić information content (AvgIpc) is 2.46. The molecular formula is C12H23N3O3S. The summed E-state index contributed by atoms with van der Waals surface area (Å²) in [5.74, 6) is 0.261. The van der Waals surface area contributed by atoms with E-state index in [1.165, 1.54) is 0 Å². The lowest BCUT2D eigenvalue weighted by atomic mass is 9.94. The summed E-state index contributed by atoms with van der Waals surface area (Å²) in [6, 6.07) is 0. The van der Waals surface area contributed by atoms with Gasteiger partial charge < -0.3 is 20.6 Å². The first-order valence-electron chi connectivity index (χ1n) is 6.48. The zero-order valence-electron chi connectivity index (χ0n) is 11.6. The molecule has 1 aliphatic rings. The lowest BCUT2D eigenvalue weighted by molar-refractivity contribution is -0.137. The van der Waals surface area contributed by atoms with Gasteiger partial charge in [-0.1, -0.05) is 12.1 Å². The van der Waals surface area contributed by atoms with Crippen LogP contribution in [0.15, 0.2) is 5.16 Å². The highest BCUT2D eigenvalue weighted by atomic mass is 32.2. The Morgan fingerprint density at radius 3 is 2.63 bits per heavy atom. The summed E-state index contributed by atoms with van der Waals surface area (Å²) in [5, 5.41) is 12.0. The smallest absolute Gasteiger partial charge is 0.248 e. The molecule has 0 atom stereocenters. The summed E-state index contributed by atoms with van der Waals surface area (Å²) in [6.45, 7) is 3.99. The van der Waals surface area contributed by atoms with E-state index in [0.717, 1.165) is 6.42 Å². The van der Waals surface area contributed by atoms with Crippen molar-refractivity contribution in [1.29, 1.82) is 0 Å². The number of amidine groups is 1. The minimum absolute atomic E-state index is 0.0164. The first kappa shape index (κ1) is 16.1. The van der Waals surface area contributed by atoms with Crippen LogP contribution in [0.25, 0.3) is 0 Å². The van der Waals surface area contributed by atoms with Crippen LogP contribution in [-0.4, -0.2) is 59.2 Å². The molecule has 0 saturated carbocycles. The second-order valence-electron chi connectivity index (χ2n) is 4.62. The van der Waals surface area contributed by atoms with E-state index in [1.807, 2.05) is 13.2 Å². The van der Waals surface area contributed by atoms with Crippen LogP contribution in [0, 0.1) is 0 Å². The SMILES string of the molecule is CCCOCC(=O)N1CCC(SC)(C(N)=NO)CC1. The topological polar surface area (TPSA) is 88.2 Å². The van der Waals surface area contributed by atoms with Crippen LogP contribution < -0.4 is 5.73 Å². The predicted octanol–water partition coefficient (Wildman–Crippen LogP) is 0.884. The number of carbonyl (C=O) groups excluding carboxylic acids is 1. The third kappa shape index (κ3) is 4.01. The molecule has 19 heavy (non-hydrogen) atoms. The van der Waals surface area contributed by atoms with Crippen molar-refractivity contribution in [3.63, 3.8) is 0 Å². The fourth-order valence-electron chi connectivity index (χ4n) is 2.17. The molecular weight excluding hydrogens is 266 g/mol. The van der Waals surface area contributed by atoms with Gasteiger partial charge in [0.05, 0.1) is 4.75 Å². The lowest BCUT2D eigenvalue weighted by Crippen LogP contribution is -2.52. The largest absolute Gasteiger partial charge is 0.409 e. The minimum atomic E-state index is -0.351. The number of nitrogens with two attached hydrogens (primary N) is 1. The maximum Gasteiger partial charge on any atom is 0.248 e. The molecule has 3 N–H and O–H groups in total. The average molecular weight is 289 g/mol. The van der Waals surface area contributed by atoms with E-state index in [9.17, 15) is 4.79 Å². The van der Waals surface area contributed by atoms with Crippen molar-refractivity contribution in [3.8, 4) is 0 Å². The fourth-order valence-corrected chi connectivity index (χ4v) is 3.01. The highest BCUT2D eigenvalue weighted by Crippen LogP contribution is 2.34. The molecule has 0 bridgehead atoms. The van der Waals surface area contributed by atoms with E-state index < -0.39 is 0 Å². The Morgan fingerprint density at radius 2 is 2.16 bits per heavy atom. The van der Waals surface area contributed by atoms with Crippen molar-refractivity contribution >= 4 is 23.5 Å². The van der Waals surface area contributed by atoms with Crippen molar-refractivity contribution in [2.75, 3.05) is 32.6 Å². The van der Waals surface area contributed by atoms with Crippen LogP contribution in [0.2, 0.25) is 0 Å². The van der Waals surface area contributed by atoms with Gasteiger partial charge in [0.1, 0.15) is 6.61 Å². The number of likely N-dealkylation sites (tertiary alicyclic amines) is 1. The quantitative estimate of drug-likeness (QED) is 0.249. The molecule has 0 spiro atoms. The van der Waals surface area contributed by atoms with E-state index in [1.54, 1.807) is 16.7 Å². The van der Waals surface area contributed by atoms with Crippen molar-refractivity contribution in [3.05, 3.63) is 0 Å². The summed E-state index contributed by atoms with van der Waals surface area (Å²) >= 11 is 1.58. The zero-order chi connectivity index (χ0) is 14.3. The molecule has 110 valence electrons. The normalized spacial score (nSPS) is 19.5. The lowest BCUT2D eigenvalue weighted by Gasteiger charge is -2.39. The molecule has 1 fully saturated rings. The van der Waals surface area contributed by atoms with Crippen LogP contribution in [-0.2, 0) is 9.53 Å². The van der Waals surface area contributed by atoms with E-state index in [-0.39, 0.29) is 23.1 Å². The van der Waals surface area contributed by atoms with Gasteiger partial charge in [0.2, 0.25) is 5.91 Å². The van der Waals surface area contributed by atoms with Crippen LogP contribution in [0.4, 0.5) is 0 Å². The number of carbonyl (C=O) groups is 1. The van der Waals surface area contributed by atoms with Gasteiger partial charge in [-0.25, -0.2) is 0 Å². The van der Waals surface area contributed by atoms with Crippen molar-refractivity contribution < 1.29 is 14.7 Å². The van der Waals surface area contributed by atoms with Gasteiger partial charge in [-0.3, -0.25) is 4.79 Å². The van der Waals surface area contributed by atoms with Gasteiger partial charge in [0.25, 0.3) is 0 Å². The molecule has 1 amide bonds. The molecule has 1 heterocycles. The highest BCUT2D eigenvalue weighted by molar-refractivity contribution is 8.00. The van der Waals surface area contributed by atoms with Crippen molar-refractivity contribution in [1.82, 2.24) is 4.90 Å². The number of hydrogen-bond donors (Lipinski definition) is 2. The van der Waals surface area contributed by atoms with E-state index in [2.05, 4.69) is 5.16 Å². The molecule has 6 nitrogen and oxygen atoms in total. The van der Waals surface area contributed by atoms with Gasteiger partial charge in [-0.15, -0.1) is 0 Å². The van der Waals surface area contributed by atoms with E-state index in [4.69, 9.17) is 15.7 Å². The third-order valence-corrected chi connectivity index (χ3v) is 4.86. The number of oxime groups is 1. The number of amides is 1. The Morgan fingerprint density at radius 1 is 1.53 bits per heavy atom. The Bertz CT molecular complexity index is 328. The predicted molar refractivity (Wildman–Crippen MR) is 76.6 cm³/mol. The second-order valence-corrected chi connectivity index (χ2v) is 5.81. The molecule has 1 rings (SSSR count).